The average Bonchev–Trinajstić information content (AvgIpc) is 3.11. The van der Waals surface area contributed by atoms with Gasteiger partial charge in [0.05, 0.1) is 31.4 Å². The summed E-state index contributed by atoms with van der Waals surface area (Å²) in [5.74, 6) is 0.234. The van der Waals surface area contributed by atoms with E-state index in [1.807, 2.05) is 0 Å². The summed E-state index contributed by atoms with van der Waals surface area (Å²) in [6.07, 6.45) is -0.0811. The summed E-state index contributed by atoms with van der Waals surface area (Å²) in [7, 11) is -0.984. The van der Waals surface area contributed by atoms with Gasteiger partial charge in [0.25, 0.3) is 5.24 Å². The maximum atomic E-state index is 12.5. The van der Waals surface area contributed by atoms with E-state index < -0.39 is 10.0 Å². The second kappa shape index (κ2) is 10.7. The molecule has 0 radical (unpaired) electrons. The van der Waals surface area contributed by atoms with E-state index in [0.717, 1.165) is 17.3 Å². The van der Waals surface area contributed by atoms with Crippen LogP contribution < -0.4 is 19.5 Å². The molecule has 2 N–H and O–H groups in total. The van der Waals surface area contributed by atoms with Gasteiger partial charge < -0.3 is 14.8 Å². The number of benzene rings is 2. The van der Waals surface area contributed by atoms with E-state index in [0.29, 0.717) is 11.4 Å². The second-order valence-corrected chi connectivity index (χ2v) is 9.64. The first kappa shape index (κ1) is 24.6. The number of anilines is 1. The predicted molar refractivity (Wildman–Crippen MR) is 123 cm³/mol. The summed E-state index contributed by atoms with van der Waals surface area (Å²) in [6, 6.07) is 10.9. The van der Waals surface area contributed by atoms with Crippen molar-refractivity contribution < 1.29 is 32.3 Å². The first-order chi connectivity index (χ1) is 15.7. The van der Waals surface area contributed by atoms with E-state index in [1.165, 1.54) is 37.3 Å². The van der Waals surface area contributed by atoms with Crippen LogP contribution >= 0.6 is 11.8 Å². The molecular weight excluding hydrogens is 470 g/mol. The number of hydrogen-bond donors (Lipinski definition) is 2. The molecule has 0 bridgehead atoms. The van der Waals surface area contributed by atoms with Crippen LogP contribution in [0.3, 0.4) is 0 Å². The quantitative estimate of drug-likeness (QED) is 0.515. The third-order valence-corrected chi connectivity index (χ3v) is 7.05. The van der Waals surface area contributed by atoms with Gasteiger partial charge in [-0.1, -0.05) is 23.9 Å². The Kier molecular flexibility index (Phi) is 7.95. The highest BCUT2D eigenvalue weighted by molar-refractivity contribution is 8.14. The van der Waals surface area contributed by atoms with Crippen LogP contribution in [0, 0.1) is 0 Å². The number of rotatable bonds is 10. The number of amides is 3. The molecule has 2 aromatic rings. The first-order valence-electron chi connectivity index (χ1n) is 9.81. The van der Waals surface area contributed by atoms with Crippen molar-refractivity contribution >= 4 is 44.5 Å². The van der Waals surface area contributed by atoms with Crippen molar-refractivity contribution in [2.24, 2.45) is 0 Å². The maximum Gasteiger partial charge on any atom is 0.289 e. The predicted octanol–water partition coefficient (Wildman–Crippen LogP) is 2.21. The van der Waals surface area contributed by atoms with Crippen molar-refractivity contribution in [2.75, 3.05) is 31.8 Å². The highest BCUT2D eigenvalue weighted by atomic mass is 32.2. The first-order valence-corrected chi connectivity index (χ1v) is 12.3. The fraction of sp³-hybridized carbons (Fsp3) is 0.286. The summed E-state index contributed by atoms with van der Waals surface area (Å²) in [5.41, 5.74) is 1.26. The van der Waals surface area contributed by atoms with Crippen LogP contribution in [-0.4, -0.2) is 56.9 Å². The zero-order valence-electron chi connectivity index (χ0n) is 18.0. The Morgan fingerprint density at radius 2 is 1.76 bits per heavy atom. The van der Waals surface area contributed by atoms with Gasteiger partial charge in [0.15, 0.2) is 11.5 Å². The number of carbonyl (C=O) groups is 3. The van der Waals surface area contributed by atoms with Gasteiger partial charge in [-0.15, -0.1) is 0 Å². The number of carbonyl (C=O) groups excluding carboxylic acids is 3. The van der Waals surface area contributed by atoms with Crippen molar-refractivity contribution in [3.63, 3.8) is 0 Å². The molecule has 1 aliphatic rings. The molecule has 3 amide bonds. The average molecular weight is 494 g/mol. The highest BCUT2D eigenvalue weighted by Gasteiger charge is 2.29. The maximum absolute atomic E-state index is 12.5. The van der Waals surface area contributed by atoms with Crippen molar-refractivity contribution in [3.05, 3.63) is 48.0 Å². The number of sulfonamides is 1. The summed E-state index contributed by atoms with van der Waals surface area (Å²) in [6.45, 7) is 0.0776. The van der Waals surface area contributed by atoms with E-state index in [2.05, 4.69) is 10.0 Å². The molecule has 1 aliphatic heterocycles. The van der Waals surface area contributed by atoms with Crippen molar-refractivity contribution in [3.8, 4) is 11.5 Å². The minimum atomic E-state index is -3.84. The molecule has 0 spiro atoms. The minimum Gasteiger partial charge on any atom is -0.493 e. The van der Waals surface area contributed by atoms with Crippen LogP contribution in [-0.2, 0) is 26.2 Å². The summed E-state index contributed by atoms with van der Waals surface area (Å²) in [5, 5.41) is 2.41. The SMILES string of the molecule is COc1ccc(S(=O)(=O)NCCC(=O)Nc2ccc(CN3C(=O)CSC3=O)cc2)cc1OC. The molecule has 176 valence electrons. The second-order valence-electron chi connectivity index (χ2n) is 6.94. The van der Waals surface area contributed by atoms with Crippen LogP contribution in [0.15, 0.2) is 47.4 Å². The Morgan fingerprint density at radius 1 is 1.06 bits per heavy atom. The molecular formula is C21H23N3O7S2. The van der Waals surface area contributed by atoms with Gasteiger partial charge >= 0.3 is 0 Å². The smallest absolute Gasteiger partial charge is 0.289 e. The van der Waals surface area contributed by atoms with E-state index in [-0.39, 0.29) is 53.0 Å². The lowest BCUT2D eigenvalue weighted by molar-refractivity contribution is -0.125. The van der Waals surface area contributed by atoms with E-state index in [4.69, 9.17) is 9.47 Å². The number of ether oxygens (including phenoxy) is 2. The molecule has 10 nitrogen and oxygen atoms in total. The zero-order chi connectivity index (χ0) is 24.0. The molecule has 1 fully saturated rings. The van der Waals surface area contributed by atoms with Crippen LogP contribution in [0.2, 0.25) is 0 Å². The van der Waals surface area contributed by atoms with E-state index in [1.54, 1.807) is 24.3 Å². The van der Waals surface area contributed by atoms with Crippen LogP contribution in [0.5, 0.6) is 11.5 Å². The molecule has 0 aromatic heterocycles. The Labute approximate surface area is 195 Å². The van der Waals surface area contributed by atoms with Gasteiger partial charge in [-0.05, 0) is 29.8 Å². The number of nitrogens with zero attached hydrogens (tertiary/aromatic N) is 1. The summed E-state index contributed by atoms with van der Waals surface area (Å²) < 4.78 is 37.5. The molecule has 2 aromatic carbocycles. The van der Waals surface area contributed by atoms with E-state index >= 15 is 0 Å². The van der Waals surface area contributed by atoms with Crippen LogP contribution in [0.25, 0.3) is 0 Å². The molecule has 33 heavy (non-hydrogen) atoms. The molecule has 0 aliphatic carbocycles. The van der Waals surface area contributed by atoms with Crippen LogP contribution in [0.1, 0.15) is 12.0 Å². The van der Waals surface area contributed by atoms with Gasteiger partial charge in [-0.25, -0.2) is 13.1 Å². The van der Waals surface area contributed by atoms with Gasteiger partial charge in [0.1, 0.15) is 0 Å². The fourth-order valence-electron chi connectivity index (χ4n) is 3.00. The van der Waals surface area contributed by atoms with Crippen LogP contribution in [0.4, 0.5) is 10.5 Å². The lowest BCUT2D eigenvalue weighted by atomic mass is 10.2. The van der Waals surface area contributed by atoms with Gasteiger partial charge in [-0.3, -0.25) is 19.3 Å². The lowest BCUT2D eigenvalue weighted by Gasteiger charge is -2.13. The third kappa shape index (κ3) is 6.24. The molecule has 0 atom stereocenters. The molecule has 1 heterocycles. The zero-order valence-corrected chi connectivity index (χ0v) is 19.6. The number of imide groups is 1. The Balaban J connectivity index is 1.50. The largest absolute Gasteiger partial charge is 0.493 e. The molecule has 3 rings (SSSR count). The van der Waals surface area contributed by atoms with Crippen molar-refractivity contribution in [2.45, 2.75) is 17.9 Å². The van der Waals surface area contributed by atoms with Gasteiger partial charge in [-0.2, -0.15) is 0 Å². The lowest BCUT2D eigenvalue weighted by Crippen LogP contribution is -2.28. The minimum absolute atomic E-state index is 0.00971. The number of nitrogens with one attached hydrogen (secondary N) is 2. The molecule has 0 unspecified atom stereocenters. The van der Waals surface area contributed by atoms with Gasteiger partial charge in [0, 0.05) is 24.7 Å². The summed E-state index contributed by atoms with van der Waals surface area (Å²) >= 11 is 0.975. The Hall–Kier alpha value is -3.09. The number of hydrogen-bond acceptors (Lipinski definition) is 8. The fourth-order valence-corrected chi connectivity index (χ4v) is 4.77. The molecule has 1 saturated heterocycles. The standard InChI is InChI=1S/C21H23N3O7S2/c1-30-17-8-7-16(11-18(17)31-2)33(28,29)22-10-9-19(25)23-15-5-3-14(4-6-15)12-24-20(26)13-32-21(24)27/h3-8,11,22H,9-10,12-13H2,1-2H3,(H,23,25). The van der Waals surface area contributed by atoms with Gasteiger partial charge in [0.2, 0.25) is 21.8 Å². The Bertz CT molecular complexity index is 1130. The normalized spacial score (nSPS) is 13.8. The van der Waals surface area contributed by atoms with Crippen molar-refractivity contribution in [1.82, 2.24) is 9.62 Å². The Morgan fingerprint density at radius 3 is 2.36 bits per heavy atom. The highest BCUT2D eigenvalue weighted by Crippen LogP contribution is 2.29. The number of thioether (sulfide) groups is 1. The molecule has 12 heteroatoms. The third-order valence-electron chi connectivity index (χ3n) is 4.73. The topological polar surface area (TPSA) is 131 Å². The summed E-state index contributed by atoms with van der Waals surface area (Å²) in [4.78, 5) is 36.7. The number of methoxy groups -OCH3 is 2. The van der Waals surface area contributed by atoms with Crippen molar-refractivity contribution in [1.29, 1.82) is 0 Å². The molecule has 0 saturated carbocycles. The monoisotopic (exact) mass is 493 g/mol. The van der Waals surface area contributed by atoms with E-state index in [9.17, 15) is 22.8 Å².